The Labute approximate surface area is 224 Å². The first-order valence-corrected chi connectivity index (χ1v) is 13.8. The van der Waals surface area contributed by atoms with E-state index in [9.17, 15) is 0 Å². The average Bonchev–Trinajstić information content (AvgIpc) is 3.40. The van der Waals surface area contributed by atoms with E-state index >= 15 is 0 Å². The molecule has 38 heavy (non-hydrogen) atoms. The Morgan fingerprint density at radius 3 is 2.29 bits per heavy atom. The molecule has 0 atom stereocenters. The van der Waals surface area contributed by atoms with Crippen LogP contribution in [-0.2, 0) is 6.54 Å². The van der Waals surface area contributed by atoms with Gasteiger partial charge in [-0.2, -0.15) is 9.97 Å². The van der Waals surface area contributed by atoms with Crippen LogP contribution in [0.4, 0.5) is 17.6 Å². The van der Waals surface area contributed by atoms with Crippen molar-refractivity contribution in [3.8, 4) is 0 Å². The predicted molar refractivity (Wildman–Crippen MR) is 153 cm³/mol. The number of benzene rings is 1. The highest BCUT2D eigenvalue weighted by molar-refractivity contribution is 5.84. The fourth-order valence-corrected chi connectivity index (χ4v) is 5.47. The van der Waals surface area contributed by atoms with Gasteiger partial charge in [-0.25, -0.2) is 9.97 Å². The molecule has 0 aliphatic carbocycles. The molecule has 5 heterocycles. The van der Waals surface area contributed by atoms with Crippen LogP contribution in [0.15, 0.2) is 61.1 Å². The van der Waals surface area contributed by atoms with Crippen molar-refractivity contribution >= 4 is 28.7 Å². The lowest BCUT2D eigenvalue weighted by Crippen LogP contribution is -2.47. The second-order valence-electron chi connectivity index (χ2n) is 10.6. The van der Waals surface area contributed by atoms with E-state index in [1.807, 2.05) is 24.7 Å². The lowest BCUT2D eigenvalue weighted by Gasteiger charge is -2.36. The van der Waals surface area contributed by atoms with Gasteiger partial charge in [-0.3, -0.25) is 4.90 Å². The quantitative estimate of drug-likeness (QED) is 0.396. The van der Waals surface area contributed by atoms with Crippen molar-refractivity contribution < 1.29 is 0 Å². The summed E-state index contributed by atoms with van der Waals surface area (Å²) in [5.74, 6) is 2.67. The number of rotatable bonds is 7. The van der Waals surface area contributed by atoms with E-state index in [0.717, 1.165) is 87.4 Å². The second-order valence-corrected chi connectivity index (χ2v) is 10.6. The van der Waals surface area contributed by atoms with Gasteiger partial charge < -0.3 is 19.7 Å². The highest BCUT2D eigenvalue weighted by Crippen LogP contribution is 2.28. The maximum atomic E-state index is 5.06. The fraction of sp³-hybridized carbons (Fsp3) is 0.448. The van der Waals surface area contributed by atoms with Crippen molar-refractivity contribution in [2.45, 2.75) is 45.3 Å². The van der Waals surface area contributed by atoms with Crippen LogP contribution >= 0.6 is 0 Å². The number of piperazine rings is 1. The zero-order chi connectivity index (χ0) is 25.9. The smallest absolute Gasteiger partial charge is 0.229 e. The lowest BCUT2D eigenvalue weighted by molar-refractivity contribution is 0.211. The number of hydrogen-bond acceptors (Lipinski definition) is 8. The number of nitrogens with zero attached hydrogens (tertiary/aromatic N) is 8. The van der Waals surface area contributed by atoms with Crippen LogP contribution in [0.5, 0.6) is 0 Å². The first-order chi connectivity index (χ1) is 18.6. The molecule has 0 unspecified atom stereocenters. The number of nitrogens with one attached hydrogen (secondary N) is 1. The van der Waals surface area contributed by atoms with Crippen molar-refractivity contribution in [3.05, 3.63) is 66.6 Å². The SMILES string of the molecule is CC(C)n1cnc2c(NC3CCN(Cc4ccccc4)CC3)nc(N3CCN(c4ccccn4)CC3)nc21. The van der Waals surface area contributed by atoms with E-state index in [2.05, 4.69) is 79.8 Å². The number of aromatic nitrogens is 5. The van der Waals surface area contributed by atoms with E-state index in [-0.39, 0.29) is 6.04 Å². The molecule has 4 aromatic rings. The maximum Gasteiger partial charge on any atom is 0.229 e. The van der Waals surface area contributed by atoms with Crippen molar-refractivity contribution in [1.29, 1.82) is 0 Å². The molecule has 2 saturated heterocycles. The molecule has 9 heteroatoms. The first kappa shape index (κ1) is 24.6. The van der Waals surface area contributed by atoms with Gasteiger partial charge in [0.2, 0.25) is 5.95 Å². The third-order valence-electron chi connectivity index (χ3n) is 7.68. The standard InChI is InChI=1S/C29H37N9/c1-22(2)38-21-31-26-27(32-24-11-14-35(15-12-24)20-23-8-4-3-5-9-23)33-29(34-28(26)38)37-18-16-36(17-19-37)25-10-6-7-13-30-25/h3-10,13,21-22,24H,11-12,14-20H2,1-2H3,(H,32,33,34). The molecule has 3 aromatic heterocycles. The molecule has 0 radical (unpaired) electrons. The number of imidazole rings is 1. The van der Waals surface area contributed by atoms with Crippen LogP contribution in [0.3, 0.4) is 0 Å². The van der Waals surface area contributed by atoms with Gasteiger partial charge in [-0.1, -0.05) is 36.4 Å². The molecule has 0 bridgehead atoms. The lowest BCUT2D eigenvalue weighted by atomic mass is 10.0. The third kappa shape index (κ3) is 5.29. The number of anilines is 3. The summed E-state index contributed by atoms with van der Waals surface area (Å²) in [6, 6.07) is 17.5. The van der Waals surface area contributed by atoms with Crippen LogP contribution < -0.4 is 15.1 Å². The molecule has 9 nitrogen and oxygen atoms in total. The highest BCUT2D eigenvalue weighted by atomic mass is 15.3. The Morgan fingerprint density at radius 2 is 1.58 bits per heavy atom. The molecule has 0 saturated carbocycles. The predicted octanol–water partition coefficient (Wildman–Crippen LogP) is 4.21. The molecule has 2 aliphatic rings. The molecule has 0 spiro atoms. The largest absolute Gasteiger partial charge is 0.365 e. The minimum atomic E-state index is 0.276. The molecule has 1 aromatic carbocycles. The summed E-state index contributed by atoms with van der Waals surface area (Å²) in [5, 5.41) is 3.77. The molecular weight excluding hydrogens is 474 g/mol. The van der Waals surface area contributed by atoms with Crippen LogP contribution in [-0.4, -0.2) is 74.7 Å². The van der Waals surface area contributed by atoms with Crippen molar-refractivity contribution in [1.82, 2.24) is 29.4 Å². The zero-order valence-corrected chi connectivity index (χ0v) is 22.4. The Bertz CT molecular complexity index is 1320. The van der Waals surface area contributed by atoms with E-state index in [0.29, 0.717) is 6.04 Å². The molecular formula is C29H37N9. The van der Waals surface area contributed by atoms with Crippen LogP contribution in [0.25, 0.3) is 11.2 Å². The Hall–Kier alpha value is -3.72. The molecule has 198 valence electrons. The Morgan fingerprint density at radius 1 is 0.842 bits per heavy atom. The van der Waals surface area contributed by atoms with E-state index in [4.69, 9.17) is 15.0 Å². The number of fused-ring (bicyclic) bond motifs is 1. The van der Waals surface area contributed by atoms with Gasteiger partial charge in [0.15, 0.2) is 17.0 Å². The van der Waals surface area contributed by atoms with Gasteiger partial charge in [0.1, 0.15) is 5.82 Å². The van der Waals surface area contributed by atoms with Crippen molar-refractivity contribution in [2.75, 3.05) is 54.4 Å². The zero-order valence-electron chi connectivity index (χ0n) is 22.4. The van der Waals surface area contributed by atoms with Crippen molar-refractivity contribution in [3.63, 3.8) is 0 Å². The third-order valence-corrected chi connectivity index (χ3v) is 7.68. The van der Waals surface area contributed by atoms with Gasteiger partial charge in [0.05, 0.1) is 6.33 Å². The average molecular weight is 512 g/mol. The first-order valence-electron chi connectivity index (χ1n) is 13.8. The summed E-state index contributed by atoms with van der Waals surface area (Å²) < 4.78 is 2.15. The van der Waals surface area contributed by atoms with Gasteiger partial charge in [0, 0.05) is 64.1 Å². The van der Waals surface area contributed by atoms with Crippen LogP contribution in [0, 0.1) is 0 Å². The summed E-state index contributed by atoms with van der Waals surface area (Å²) in [6.45, 7) is 11.0. The Kier molecular flexibility index (Phi) is 7.09. The topological polar surface area (TPSA) is 78.2 Å². The minimum absolute atomic E-state index is 0.276. The number of hydrogen-bond donors (Lipinski definition) is 1. The summed E-state index contributed by atoms with van der Waals surface area (Å²) in [7, 11) is 0. The van der Waals surface area contributed by atoms with Gasteiger partial charge in [0.25, 0.3) is 0 Å². The monoisotopic (exact) mass is 511 g/mol. The molecule has 2 fully saturated rings. The number of pyridine rings is 1. The molecule has 2 aliphatic heterocycles. The highest BCUT2D eigenvalue weighted by Gasteiger charge is 2.25. The van der Waals surface area contributed by atoms with Crippen LogP contribution in [0.1, 0.15) is 38.3 Å². The molecule has 6 rings (SSSR count). The summed E-state index contributed by atoms with van der Waals surface area (Å²) in [5.41, 5.74) is 3.14. The molecule has 0 amide bonds. The number of piperidine rings is 1. The van der Waals surface area contributed by atoms with Crippen LogP contribution in [0.2, 0.25) is 0 Å². The fourth-order valence-electron chi connectivity index (χ4n) is 5.47. The summed E-state index contributed by atoms with van der Waals surface area (Å²) in [4.78, 5) is 26.5. The van der Waals surface area contributed by atoms with Gasteiger partial charge >= 0.3 is 0 Å². The molecule has 1 N–H and O–H groups in total. The van der Waals surface area contributed by atoms with E-state index in [1.165, 1.54) is 5.56 Å². The minimum Gasteiger partial charge on any atom is -0.365 e. The Balaban J connectivity index is 1.18. The second kappa shape index (κ2) is 10.9. The number of likely N-dealkylation sites (tertiary alicyclic amines) is 1. The van der Waals surface area contributed by atoms with Gasteiger partial charge in [-0.15, -0.1) is 0 Å². The summed E-state index contributed by atoms with van der Waals surface area (Å²) in [6.07, 6.45) is 5.93. The van der Waals surface area contributed by atoms with Crippen molar-refractivity contribution in [2.24, 2.45) is 0 Å². The van der Waals surface area contributed by atoms with E-state index in [1.54, 1.807) is 0 Å². The maximum absolute atomic E-state index is 5.06. The van der Waals surface area contributed by atoms with Gasteiger partial charge in [-0.05, 0) is 44.4 Å². The summed E-state index contributed by atoms with van der Waals surface area (Å²) >= 11 is 0. The normalized spacial score (nSPS) is 17.4. The van der Waals surface area contributed by atoms with E-state index < -0.39 is 0 Å².